The van der Waals surface area contributed by atoms with Gasteiger partial charge in [-0.3, -0.25) is 14.4 Å². The van der Waals surface area contributed by atoms with Crippen LogP contribution in [0.1, 0.15) is 58.9 Å². The molecule has 0 saturated heterocycles. The number of aliphatic hydroxyl groups is 1. The fraction of sp³-hybridized carbons (Fsp3) is 0.375. The molecular weight excluding hydrogens is 400 g/mol. The van der Waals surface area contributed by atoms with E-state index in [2.05, 4.69) is 0 Å². The van der Waals surface area contributed by atoms with Gasteiger partial charge < -0.3 is 19.7 Å². The Morgan fingerprint density at radius 2 is 1.55 bits per heavy atom. The first-order valence-corrected chi connectivity index (χ1v) is 10.3. The largest absolute Gasteiger partial charge is 0.493 e. The molecule has 0 bridgehead atoms. The zero-order chi connectivity index (χ0) is 22.6. The molecule has 7 heteroatoms. The van der Waals surface area contributed by atoms with Crippen molar-refractivity contribution < 1.29 is 34.1 Å². The number of ketones is 2. The van der Waals surface area contributed by atoms with Gasteiger partial charge in [0, 0.05) is 30.6 Å². The number of carbonyl (C=O) groups excluding carboxylic acids is 2. The van der Waals surface area contributed by atoms with Crippen LogP contribution >= 0.6 is 0 Å². The standard InChI is InChI=1S/C24H28O7/c1-17(26)19-7-11-23(20(16-19)4-2-13-25)31-15-3-14-30-21-8-5-18(6-9-21)22(27)10-12-24(28)29/h5-9,11,16,25H,2-4,10,12-15H2,1H3,(H,28,29). The Balaban J connectivity index is 1.79. The van der Waals surface area contributed by atoms with Crippen LogP contribution in [0.2, 0.25) is 0 Å². The molecule has 0 atom stereocenters. The van der Waals surface area contributed by atoms with Crippen LogP contribution in [0.25, 0.3) is 0 Å². The van der Waals surface area contributed by atoms with Gasteiger partial charge in [-0.2, -0.15) is 0 Å². The maximum atomic E-state index is 11.9. The smallest absolute Gasteiger partial charge is 0.303 e. The Morgan fingerprint density at radius 1 is 0.871 bits per heavy atom. The summed E-state index contributed by atoms with van der Waals surface area (Å²) < 4.78 is 11.5. The van der Waals surface area contributed by atoms with Gasteiger partial charge in [-0.05, 0) is 67.8 Å². The Hall–Kier alpha value is -3.19. The fourth-order valence-corrected chi connectivity index (χ4v) is 2.94. The maximum Gasteiger partial charge on any atom is 0.303 e. The molecule has 0 amide bonds. The first-order valence-electron chi connectivity index (χ1n) is 10.3. The van der Waals surface area contributed by atoms with E-state index in [1.807, 2.05) is 6.07 Å². The van der Waals surface area contributed by atoms with Gasteiger partial charge in [0.05, 0.1) is 19.6 Å². The van der Waals surface area contributed by atoms with Crippen molar-refractivity contribution in [2.45, 2.75) is 39.0 Å². The highest BCUT2D eigenvalue weighted by Crippen LogP contribution is 2.22. The molecule has 0 aliphatic carbocycles. The summed E-state index contributed by atoms with van der Waals surface area (Å²) in [6.45, 7) is 2.43. The van der Waals surface area contributed by atoms with E-state index in [-0.39, 0.29) is 31.0 Å². The normalized spacial score (nSPS) is 10.5. The Labute approximate surface area is 181 Å². The summed E-state index contributed by atoms with van der Waals surface area (Å²) in [6.07, 6.45) is 1.64. The second kappa shape index (κ2) is 12.5. The molecule has 2 N–H and O–H groups in total. The lowest BCUT2D eigenvalue weighted by Gasteiger charge is -2.13. The zero-order valence-corrected chi connectivity index (χ0v) is 17.6. The highest BCUT2D eigenvalue weighted by Gasteiger charge is 2.10. The molecule has 0 aromatic heterocycles. The molecule has 2 aromatic rings. The predicted octanol–water partition coefficient (Wildman–Crippen LogP) is 3.71. The lowest BCUT2D eigenvalue weighted by Crippen LogP contribution is -2.07. The Morgan fingerprint density at radius 3 is 2.19 bits per heavy atom. The molecule has 0 heterocycles. The number of Topliss-reactive ketones (excluding diaryl/α,β-unsaturated/α-hetero) is 2. The summed E-state index contributed by atoms with van der Waals surface area (Å²) in [7, 11) is 0. The highest BCUT2D eigenvalue weighted by atomic mass is 16.5. The number of benzene rings is 2. The van der Waals surface area contributed by atoms with Crippen molar-refractivity contribution in [3.63, 3.8) is 0 Å². The third-order valence-electron chi connectivity index (χ3n) is 4.63. The number of aryl methyl sites for hydroxylation is 1. The Kier molecular flexibility index (Phi) is 9.71. The van der Waals surface area contributed by atoms with Crippen molar-refractivity contribution >= 4 is 17.5 Å². The molecule has 0 aliphatic heterocycles. The van der Waals surface area contributed by atoms with Crippen molar-refractivity contribution in [3.8, 4) is 11.5 Å². The average molecular weight is 428 g/mol. The maximum absolute atomic E-state index is 11.9. The van der Waals surface area contributed by atoms with E-state index < -0.39 is 5.97 Å². The van der Waals surface area contributed by atoms with E-state index >= 15 is 0 Å². The third-order valence-corrected chi connectivity index (χ3v) is 4.63. The molecule has 0 unspecified atom stereocenters. The van der Waals surface area contributed by atoms with E-state index in [1.54, 1.807) is 36.4 Å². The van der Waals surface area contributed by atoms with Crippen molar-refractivity contribution in [1.82, 2.24) is 0 Å². The predicted molar refractivity (Wildman–Crippen MR) is 115 cm³/mol. The molecule has 0 radical (unpaired) electrons. The van der Waals surface area contributed by atoms with Crippen LogP contribution in [0.5, 0.6) is 11.5 Å². The molecule has 2 aromatic carbocycles. The van der Waals surface area contributed by atoms with E-state index in [4.69, 9.17) is 19.7 Å². The van der Waals surface area contributed by atoms with Crippen LogP contribution in [-0.4, -0.2) is 47.6 Å². The summed E-state index contributed by atoms with van der Waals surface area (Å²) >= 11 is 0. The molecule has 0 spiro atoms. The lowest BCUT2D eigenvalue weighted by molar-refractivity contribution is -0.136. The van der Waals surface area contributed by atoms with E-state index in [1.165, 1.54) is 6.92 Å². The van der Waals surface area contributed by atoms with Crippen LogP contribution in [0.15, 0.2) is 42.5 Å². The second-order valence-electron chi connectivity index (χ2n) is 7.10. The quantitative estimate of drug-likeness (QED) is 0.349. The van der Waals surface area contributed by atoms with Crippen LogP contribution in [0, 0.1) is 0 Å². The van der Waals surface area contributed by atoms with Gasteiger partial charge in [0.1, 0.15) is 11.5 Å². The summed E-state index contributed by atoms with van der Waals surface area (Å²) in [5, 5.41) is 17.7. The summed E-state index contributed by atoms with van der Waals surface area (Å²) in [6, 6.07) is 11.9. The van der Waals surface area contributed by atoms with Crippen LogP contribution in [0.3, 0.4) is 0 Å². The Bertz CT molecular complexity index is 887. The van der Waals surface area contributed by atoms with E-state index in [9.17, 15) is 14.4 Å². The number of carbonyl (C=O) groups is 3. The van der Waals surface area contributed by atoms with E-state index in [0.29, 0.717) is 55.1 Å². The number of rotatable bonds is 14. The van der Waals surface area contributed by atoms with E-state index in [0.717, 1.165) is 5.56 Å². The summed E-state index contributed by atoms with van der Waals surface area (Å²) in [4.78, 5) is 34.0. The van der Waals surface area contributed by atoms with Gasteiger partial charge in [-0.15, -0.1) is 0 Å². The van der Waals surface area contributed by atoms with Gasteiger partial charge in [-0.25, -0.2) is 0 Å². The number of hydrogen-bond donors (Lipinski definition) is 2. The number of carboxylic acid groups (broad SMARTS) is 1. The number of hydrogen-bond acceptors (Lipinski definition) is 6. The number of carboxylic acids is 1. The van der Waals surface area contributed by atoms with Crippen LogP contribution in [0.4, 0.5) is 0 Å². The van der Waals surface area contributed by atoms with Crippen molar-refractivity contribution in [2.24, 2.45) is 0 Å². The van der Waals surface area contributed by atoms with Crippen molar-refractivity contribution in [1.29, 1.82) is 0 Å². The topological polar surface area (TPSA) is 110 Å². The van der Waals surface area contributed by atoms with Gasteiger partial charge in [-0.1, -0.05) is 0 Å². The molecule has 7 nitrogen and oxygen atoms in total. The number of aliphatic hydroxyl groups excluding tert-OH is 1. The molecule has 0 saturated carbocycles. The minimum atomic E-state index is -0.995. The van der Waals surface area contributed by atoms with Crippen LogP contribution in [-0.2, 0) is 11.2 Å². The van der Waals surface area contributed by atoms with Gasteiger partial charge in [0.15, 0.2) is 11.6 Å². The zero-order valence-electron chi connectivity index (χ0n) is 17.6. The fourth-order valence-electron chi connectivity index (χ4n) is 2.94. The minimum Gasteiger partial charge on any atom is -0.493 e. The van der Waals surface area contributed by atoms with Crippen LogP contribution < -0.4 is 9.47 Å². The number of ether oxygens (including phenoxy) is 2. The molecule has 166 valence electrons. The SMILES string of the molecule is CC(=O)c1ccc(OCCCOc2ccc(C(=O)CCC(=O)O)cc2)c(CCCO)c1. The molecule has 0 fully saturated rings. The highest BCUT2D eigenvalue weighted by molar-refractivity contribution is 5.97. The first kappa shape index (κ1) is 24.1. The van der Waals surface area contributed by atoms with Crippen molar-refractivity contribution in [3.05, 3.63) is 59.2 Å². The number of aliphatic carboxylic acids is 1. The van der Waals surface area contributed by atoms with Crippen molar-refractivity contribution in [2.75, 3.05) is 19.8 Å². The molecule has 31 heavy (non-hydrogen) atoms. The minimum absolute atomic E-state index is 0.0141. The monoisotopic (exact) mass is 428 g/mol. The summed E-state index contributed by atoms with van der Waals surface area (Å²) in [5.41, 5.74) is 1.97. The molecular formula is C24H28O7. The molecule has 2 rings (SSSR count). The van der Waals surface area contributed by atoms with Gasteiger partial charge >= 0.3 is 5.97 Å². The van der Waals surface area contributed by atoms with Gasteiger partial charge in [0.2, 0.25) is 0 Å². The average Bonchev–Trinajstić information content (AvgIpc) is 2.76. The summed E-state index contributed by atoms with van der Waals surface area (Å²) in [5.74, 6) is 0.0905. The second-order valence-corrected chi connectivity index (χ2v) is 7.10. The molecule has 0 aliphatic rings. The van der Waals surface area contributed by atoms with Gasteiger partial charge in [0.25, 0.3) is 0 Å². The lowest BCUT2D eigenvalue weighted by atomic mass is 10.0. The first-order chi connectivity index (χ1) is 14.9. The third kappa shape index (κ3) is 8.22.